The van der Waals surface area contributed by atoms with Crippen LogP contribution in [0.15, 0.2) is 18.2 Å². The number of benzene rings is 1. The molecule has 5 rings (SSSR count). The molecule has 6 nitrogen and oxygen atoms in total. The maximum atomic E-state index is 13.1. The van der Waals surface area contributed by atoms with E-state index in [1.165, 1.54) is 0 Å². The van der Waals surface area contributed by atoms with Crippen LogP contribution >= 0.6 is 11.8 Å². The molecule has 0 saturated carbocycles. The van der Waals surface area contributed by atoms with Crippen LogP contribution in [0.4, 0.5) is 13.2 Å². The standard InChI is InChI=1S/C22H28F3N5OS/c1-14-27-18-10-15(22(23,24)25)2-3-20(18)30(14)16-4-6-28(7-5-16)17-11-19(26-12-17)21(31)29-8-9-32-13-29/h2-3,10,16-17,19,26H,4-9,11-13H2,1H3/t17-,19-/m0/s1. The fourth-order valence-electron chi connectivity index (χ4n) is 5.36. The Labute approximate surface area is 189 Å². The molecule has 1 N–H and O–H groups in total. The van der Waals surface area contributed by atoms with Crippen molar-refractivity contribution in [3.63, 3.8) is 0 Å². The number of aryl methyl sites for hydroxylation is 1. The molecule has 174 valence electrons. The Hall–Kier alpha value is -1.78. The minimum Gasteiger partial charge on any atom is -0.331 e. The molecule has 0 aliphatic carbocycles. The van der Waals surface area contributed by atoms with Gasteiger partial charge in [0.05, 0.1) is 28.5 Å². The monoisotopic (exact) mass is 467 g/mol. The number of thioether (sulfide) groups is 1. The first kappa shape index (κ1) is 22.0. The van der Waals surface area contributed by atoms with Crippen molar-refractivity contribution in [2.75, 3.05) is 37.8 Å². The van der Waals surface area contributed by atoms with E-state index < -0.39 is 11.7 Å². The number of halogens is 3. The summed E-state index contributed by atoms with van der Waals surface area (Å²) >= 11 is 1.80. The van der Waals surface area contributed by atoms with E-state index in [4.69, 9.17) is 0 Å². The van der Waals surface area contributed by atoms with Gasteiger partial charge in [0.25, 0.3) is 0 Å². The predicted octanol–water partition coefficient (Wildman–Crippen LogP) is 3.26. The third-order valence-corrected chi connectivity index (χ3v) is 8.01. The number of imidazole rings is 1. The lowest BCUT2D eigenvalue weighted by Gasteiger charge is -2.36. The number of carbonyl (C=O) groups excluding carboxylic acids is 1. The van der Waals surface area contributed by atoms with Crippen molar-refractivity contribution in [1.82, 2.24) is 24.7 Å². The van der Waals surface area contributed by atoms with E-state index in [2.05, 4.69) is 19.8 Å². The van der Waals surface area contributed by atoms with E-state index in [0.717, 1.165) is 80.5 Å². The van der Waals surface area contributed by atoms with Gasteiger partial charge >= 0.3 is 6.18 Å². The molecule has 0 bridgehead atoms. The molecular weight excluding hydrogens is 439 g/mol. The van der Waals surface area contributed by atoms with Crippen LogP contribution in [0.5, 0.6) is 0 Å². The van der Waals surface area contributed by atoms with Gasteiger partial charge in [0.15, 0.2) is 0 Å². The summed E-state index contributed by atoms with van der Waals surface area (Å²) in [6.45, 7) is 5.37. The molecule has 1 aromatic heterocycles. The Morgan fingerprint density at radius 2 is 1.97 bits per heavy atom. The van der Waals surface area contributed by atoms with E-state index >= 15 is 0 Å². The van der Waals surface area contributed by atoms with E-state index in [0.29, 0.717) is 11.6 Å². The van der Waals surface area contributed by atoms with Gasteiger partial charge < -0.3 is 14.8 Å². The van der Waals surface area contributed by atoms with Crippen molar-refractivity contribution in [3.8, 4) is 0 Å². The topological polar surface area (TPSA) is 53.4 Å². The predicted molar refractivity (Wildman–Crippen MR) is 119 cm³/mol. The third kappa shape index (κ3) is 4.12. The second kappa shape index (κ2) is 8.53. The van der Waals surface area contributed by atoms with Gasteiger partial charge in [0, 0.05) is 44.0 Å². The quantitative estimate of drug-likeness (QED) is 0.751. The van der Waals surface area contributed by atoms with Gasteiger partial charge in [-0.3, -0.25) is 9.69 Å². The molecular formula is C22H28F3N5OS. The van der Waals surface area contributed by atoms with Crippen molar-refractivity contribution < 1.29 is 18.0 Å². The number of carbonyl (C=O) groups is 1. The highest BCUT2D eigenvalue weighted by Gasteiger charge is 2.37. The Morgan fingerprint density at radius 3 is 2.66 bits per heavy atom. The van der Waals surface area contributed by atoms with Crippen molar-refractivity contribution in [2.24, 2.45) is 0 Å². The minimum absolute atomic E-state index is 0.0842. The molecule has 0 spiro atoms. The Bertz CT molecular complexity index is 995. The fourth-order valence-corrected chi connectivity index (χ4v) is 6.31. The Kier molecular flexibility index (Phi) is 5.88. The largest absolute Gasteiger partial charge is 0.416 e. The first-order chi connectivity index (χ1) is 15.3. The number of rotatable bonds is 3. The van der Waals surface area contributed by atoms with Crippen molar-refractivity contribution >= 4 is 28.7 Å². The average Bonchev–Trinajstić information content (AvgIpc) is 3.51. The summed E-state index contributed by atoms with van der Waals surface area (Å²) in [6, 6.07) is 4.34. The smallest absolute Gasteiger partial charge is 0.331 e. The highest BCUT2D eigenvalue weighted by molar-refractivity contribution is 7.99. The van der Waals surface area contributed by atoms with Crippen LogP contribution in [-0.4, -0.2) is 75.2 Å². The molecule has 2 atom stereocenters. The molecule has 3 aliphatic rings. The molecule has 1 aromatic carbocycles. The van der Waals surface area contributed by atoms with E-state index in [1.807, 2.05) is 11.8 Å². The maximum absolute atomic E-state index is 13.1. The van der Waals surface area contributed by atoms with Crippen LogP contribution in [0.25, 0.3) is 11.0 Å². The second-order valence-electron chi connectivity index (χ2n) is 8.99. The molecule has 2 aromatic rings. The number of likely N-dealkylation sites (tertiary alicyclic amines) is 1. The average molecular weight is 468 g/mol. The zero-order valence-corrected chi connectivity index (χ0v) is 18.9. The van der Waals surface area contributed by atoms with Crippen LogP contribution in [0.2, 0.25) is 0 Å². The zero-order chi connectivity index (χ0) is 22.5. The summed E-state index contributed by atoms with van der Waals surface area (Å²) in [6.07, 6.45) is -1.67. The highest BCUT2D eigenvalue weighted by Crippen LogP contribution is 2.34. The van der Waals surface area contributed by atoms with Crippen molar-refractivity contribution in [1.29, 1.82) is 0 Å². The summed E-state index contributed by atoms with van der Waals surface area (Å²) in [5.41, 5.74) is 0.515. The van der Waals surface area contributed by atoms with Crippen LogP contribution in [0.3, 0.4) is 0 Å². The molecule has 4 heterocycles. The number of nitrogens with zero attached hydrogens (tertiary/aromatic N) is 4. The Balaban J connectivity index is 1.23. The lowest BCUT2D eigenvalue weighted by atomic mass is 10.0. The number of hydrogen-bond acceptors (Lipinski definition) is 5. The number of alkyl halides is 3. The molecule has 3 saturated heterocycles. The van der Waals surface area contributed by atoms with Gasteiger partial charge in [-0.15, -0.1) is 11.8 Å². The number of nitrogens with one attached hydrogen (secondary N) is 1. The van der Waals surface area contributed by atoms with E-state index in [-0.39, 0.29) is 18.0 Å². The van der Waals surface area contributed by atoms with Crippen molar-refractivity contribution in [2.45, 2.75) is 50.5 Å². The fraction of sp³-hybridized carbons (Fsp3) is 0.636. The number of aromatic nitrogens is 2. The normalized spacial score (nSPS) is 25.8. The minimum atomic E-state index is -4.36. The van der Waals surface area contributed by atoms with E-state index in [9.17, 15) is 18.0 Å². The number of piperidine rings is 1. The molecule has 3 aliphatic heterocycles. The van der Waals surface area contributed by atoms with Gasteiger partial charge in [-0.05, 0) is 44.4 Å². The highest BCUT2D eigenvalue weighted by atomic mass is 32.2. The van der Waals surface area contributed by atoms with Gasteiger partial charge in [0.1, 0.15) is 5.82 Å². The molecule has 0 radical (unpaired) electrons. The summed E-state index contributed by atoms with van der Waals surface area (Å²) < 4.78 is 41.3. The molecule has 3 fully saturated rings. The first-order valence-corrected chi connectivity index (χ1v) is 12.4. The number of hydrogen-bond donors (Lipinski definition) is 1. The van der Waals surface area contributed by atoms with Crippen LogP contribution < -0.4 is 5.32 Å². The van der Waals surface area contributed by atoms with Gasteiger partial charge in [0.2, 0.25) is 5.91 Å². The van der Waals surface area contributed by atoms with E-state index in [1.54, 1.807) is 17.8 Å². The second-order valence-corrected chi connectivity index (χ2v) is 10.1. The zero-order valence-electron chi connectivity index (χ0n) is 18.1. The van der Waals surface area contributed by atoms with Crippen LogP contribution in [0, 0.1) is 6.92 Å². The van der Waals surface area contributed by atoms with Gasteiger partial charge in [-0.1, -0.05) is 0 Å². The molecule has 32 heavy (non-hydrogen) atoms. The summed E-state index contributed by atoms with van der Waals surface area (Å²) in [4.78, 5) is 21.5. The third-order valence-electron chi connectivity index (χ3n) is 7.04. The molecule has 10 heteroatoms. The van der Waals surface area contributed by atoms with Gasteiger partial charge in [-0.25, -0.2) is 4.98 Å². The van der Waals surface area contributed by atoms with Gasteiger partial charge in [-0.2, -0.15) is 13.2 Å². The van der Waals surface area contributed by atoms with Crippen molar-refractivity contribution in [3.05, 3.63) is 29.6 Å². The molecule has 0 unspecified atom stereocenters. The number of fused-ring (bicyclic) bond motifs is 1. The lowest BCUT2D eigenvalue weighted by molar-refractivity contribution is -0.137. The molecule has 1 amide bonds. The summed E-state index contributed by atoms with van der Waals surface area (Å²) in [5.74, 6) is 2.81. The number of amides is 1. The van der Waals surface area contributed by atoms with Crippen LogP contribution in [0.1, 0.15) is 36.7 Å². The SMILES string of the molecule is Cc1nc2cc(C(F)(F)F)ccc2n1C1CCN([C@@H]2CN[C@H](C(=O)N3CCSC3)C2)CC1. The Morgan fingerprint density at radius 1 is 1.19 bits per heavy atom. The lowest BCUT2D eigenvalue weighted by Crippen LogP contribution is -2.43. The first-order valence-electron chi connectivity index (χ1n) is 11.2. The maximum Gasteiger partial charge on any atom is 0.416 e. The summed E-state index contributed by atoms with van der Waals surface area (Å²) in [7, 11) is 0. The summed E-state index contributed by atoms with van der Waals surface area (Å²) in [5, 5.41) is 3.42. The van der Waals surface area contributed by atoms with Crippen LogP contribution in [-0.2, 0) is 11.0 Å².